The predicted octanol–water partition coefficient (Wildman–Crippen LogP) is 2.20. The van der Waals surface area contributed by atoms with Gasteiger partial charge in [-0.1, -0.05) is 6.92 Å². The third-order valence-electron chi connectivity index (χ3n) is 3.10. The van der Waals surface area contributed by atoms with Crippen LogP contribution in [0, 0.1) is 22.0 Å². The maximum absolute atomic E-state index is 11.8. The van der Waals surface area contributed by atoms with Crippen LogP contribution < -0.4 is 10.1 Å². The molecule has 1 N–H and O–H groups in total. The molecule has 0 spiro atoms. The van der Waals surface area contributed by atoms with Crippen LogP contribution in [0.1, 0.15) is 13.3 Å². The van der Waals surface area contributed by atoms with E-state index >= 15 is 0 Å². The highest BCUT2D eigenvalue weighted by Crippen LogP contribution is 2.39. The Morgan fingerprint density at radius 3 is 2.72 bits per heavy atom. The van der Waals surface area contributed by atoms with Crippen molar-refractivity contribution in [2.75, 3.05) is 12.4 Å². The number of hydrogen-bond donors (Lipinski definition) is 1. The van der Waals surface area contributed by atoms with Crippen molar-refractivity contribution in [3.05, 3.63) is 28.3 Å². The largest absolute Gasteiger partial charge is 0.495 e. The lowest BCUT2D eigenvalue weighted by Gasteiger charge is -2.09. The number of non-ortho nitro benzene ring substituents is 1. The van der Waals surface area contributed by atoms with Gasteiger partial charge in [-0.25, -0.2) is 0 Å². The van der Waals surface area contributed by atoms with E-state index < -0.39 is 4.92 Å². The fourth-order valence-corrected chi connectivity index (χ4v) is 1.82. The van der Waals surface area contributed by atoms with Crippen molar-refractivity contribution in [3.63, 3.8) is 0 Å². The molecule has 0 unspecified atom stereocenters. The van der Waals surface area contributed by atoms with E-state index in [2.05, 4.69) is 5.32 Å². The number of ether oxygens (including phenoxy) is 1. The van der Waals surface area contributed by atoms with Gasteiger partial charge in [0.25, 0.3) is 5.69 Å². The summed E-state index contributed by atoms with van der Waals surface area (Å²) in [7, 11) is 1.45. The van der Waals surface area contributed by atoms with Crippen molar-refractivity contribution < 1.29 is 14.5 Å². The zero-order valence-corrected chi connectivity index (χ0v) is 10.2. The van der Waals surface area contributed by atoms with E-state index in [1.54, 1.807) is 0 Å². The summed E-state index contributed by atoms with van der Waals surface area (Å²) in [5.74, 6) is 0.701. The number of nitrogens with one attached hydrogen (secondary N) is 1. The van der Waals surface area contributed by atoms with Crippen LogP contribution in [-0.2, 0) is 4.79 Å². The summed E-state index contributed by atoms with van der Waals surface area (Å²) in [6.45, 7) is 1.99. The first-order valence-corrected chi connectivity index (χ1v) is 5.66. The van der Waals surface area contributed by atoms with Gasteiger partial charge >= 0.3 is 0 Å². The Hall–Kier alpha value is -2.11. The maximum atomic E-state index is 11.8. The van der Waals surface area contributed by atoms with E-state index in [9.17, 15) is 14.9 Å². The van der Waals surface area contributed by atoms with Gasteiger partial charge in [-0.15, -0.1) is 0 Å². The lowest BCUT2D eigenvalue weighted by Crippen LogP contribution is -2.15. The SMILES string of the molecule is COc1ccc([N+](=O)[O-])cc1NC(=O)[C@@H]1C[C@@H]1C. The topological polar surface area (TPSA) is 81.5 Å². The summed E-state index contributed by atoms with van der Waals surface area (Å²) in [6.07, 6.45) is 0.864. The highest BCUT2D eigenvalue weighted by atomic mass is 16.6. The molecule has 1 fully saturated rings. The molecule has 0 saturated heterocycles. The number of anilines is 1. The van der Waals surface area contributed by atoms with Gasteiger partial charge in [-0.2, -0.15) is 0 Å². The van der Waals surface area contributed by atoms with Gasteiger partial charge in [-0.05, 0) is 18.4 Å². The van der Waals surface area contributed by atoms with Crippen LogP contribution in [0.25, 0.3) is 0 Å². The van der Waals surface area contributed by atoms with E-state index in [4.69, 9.17) is 4.74 Å². The van der Waals surface area contributed by atoms with Crippen molar-refractivity contribution >= 4 is 17.3 Å². The average molecular weight is 250 g/mol. The number of benzene rings is 1. The lowest BCUT2D eigenvalue weighted by molar-refractivity contribution is -0.384. The Morgan fingerprint density at radius 2 is 2.22 bits per heavy atom. The van der Waals surface area contributed by atoms with Gasteiger partial charge in [0, 0.05) is 18.1 Å². The predicted molar refractivity (Wildman–Crippen MR) is 65.5 cm³/mol. The third-order valence-corrected chi connectivity index (χ3v) is 3.10. The third kappa shape index (κ3) is 2.42. The summed E-state index contributed by atoms with van der Waals surface area (Å²) in [5.41, 5.74) is 0.269. The second kappa shape index (κ2) is 4.64. The Kier molecular flexibility index (Phi) is 3.18. The van der Waals surface area contributed by atoms with Gasteiger partial charge in [0.15, 0.2) is 0 Å². The first-order chi connectivity index (χ1) is 8.52. The van der Waals surface area contributed by atoms with Crippen molar-refractivity contribution in [1.29, 1.82) is 0 Å². The van der Waals surface area contributed by atoms with Crippen molar-refractivity contribution in [2.24, 2.45) is 11.8 Å². The second-order valence-corrected chi connectivity index (χ2v) is 4.45. The summed E-state index contributed by atoms with van der Waals surface area (Å²) >= 11 is 0. The highest BCUT2D eigenvalue weighted by Gasteiger charge is 2.39. The number of carbonyl (C=O) groups is 1. The molecule has 1 amide bonds. The monoisotopic (exact) mass is 250 g/mol. The highest BCUT2D eigenvalue weighted by molar-refractivity contribution is 5.96. The van der Waals surface area contributed by atoms with Crippen LogP contribution in [0.4, 0.5) is 11.4 Å². The molecule has 0 bridgehead atoms. The Morgan fingerprint density at radius 1 is 1.56 bits per heavy atom. The van der Waals surface area contributed by atoms with Crippen molar-refractivity contribution in [1.82, 2.24) is 0 Å². The maximum Gasteiger partial charge on any atom is 0.271 e. The van der Waals surface area contributed by atoms with E-state index in [1.165, 1.54) is 25.3 Å². The minimum Gasteiger partial charge on any atom is -0.495 e. The molecule has 96 valence electrons. The molecule has 6 nitrogen and oxygen atoms in total. The molecule has 1 saturated carbocycles. The lowest BCUT2D eigenvalue weighted by atomic mass is 10.2. The standard InChI is InChI=1S/C12H14N2O4/c1-7-5-9(7)12(15)13-10-6-8(14(16)17)3-4-11(10)18-2/h3-4,6-7,9H,5H2,1-2H3,(H,13,15)/t7-,9+/m0/s1. The number of methoxy groups -OCH3 is 1. The normalized spacial score (nSPS) is 21.2. The number of carbonyl (C=O) groups excluding carboxylic acids is 1. The number of nitrogens with zero attached hydrogens (tertiary/aromatic N) is 1. The Bertz CT molecular complexity index is 501. The Labute approximate surface area is 104 Å². The molecular weight excluding hydrogens is 236 g/mol. The number of hydrogen-bond acceptors (Lipinski definition) is 4. The first-order valence-electron chi connectivity index (χ1n) is 5.66. The zero-order chi connectivity index (χ0) is 13.3. The number of amides is 1. The van der Waals surface area contributed by atoms with E-state index in [-0.39, 0.29) is 17.5 Å². The minimum atomic E-state index is -0.505. The second-order valence-electron chi connectivity index (χ2n) is 4.45. The van der Waals surface area contributed by atoms with Crippen LogP contribution in [0.5, 0.6) is 5.75 Å². The molecule has 1 aliphatic carbocycles. The van der Waals surface area contributed by atoms with Crippen molar-refractivity contribution in [2.45, 2.75) is 13.3 Å². The average Bonchev–Trinajstić information content (AvgIpc) is 3.06. The van der Waals surface area contributed by atoms with E-state index in [0.717, 1.165) is 6.42 Å². The van der Waals surface area contributed by atoms with Gasteiger partial charge in [-0.3, -0.25) is 14.9 Å². The van der Waals surface area contributed by atoms with Crippen LogP contribution in [-0.4, -0.2) is 17.9 Å². The summed E-state index contributed by atoms with van der Waals surface area (Å²) in [5, 5.41) is 13.4. The summed E-state index contributed by atoms with van der Waals surface area (Å²) in [4.78, 5) is 22.0. The smallest absolute Gasteiger partial charge is 0.271 e. The summed E-state index contributed by atoms with van der Waals surface area (Å²) in [6, 6.07) is 4.13. The summed E-state index contributed by atoms with van der Waals surface area (Å²) < 4.78 is 5.07. The van der Waals surface area contributed by atoms with Crippen LogP contribution >= 0.6 is 0 Å². The molecule has 1 aliphatic rings. The van der Waals surface area contributed by atoms with Gasteiger partial charge in [0.1, 0.15) is 5.75 Å². The zero-order valence-electron chi connectivity index (χ0n) is 10.2. The van der Waals surface area contributed by atoms with Crippen LogP contribution in [0.3, 0.4) is 0 Å². The molecule has 18 heavy (non-hydrogen) atoms. The number of rotatable bonds is 4. The quantitative estimate of drug-likeness (QED) is 0.656. The van der Waals surface area contributed by atoms with Gasteiger partial charge in [0.2, 0.25) is 5.91 Å². The molecule has 0 heterocycles. The molecule has 0 aromatic heterocycles. The number of nitro groups is 1. The molecule has 6 heteroatoms. The van der Waals surface area contributed by atoms with Gasteiger partial charge < -0.3 is 10.1 Å². The fourth-order valence-electron chi connectivity index (χ4n) is 1.82. The van der Waals surface area contributed by atoms with Gasteiger partial charge in [0.05, 0.1) is 17.7 Å². The molecule has 2 rings (SSSR count). The molecule has 1 aromatic carbocycles. The minimum absolute atomic E-state index is 0.00830. The van der Waals surface area contributed by atoms with Crippen LogP contribution in [0.15, 0.2) is 18.2 Å². The van der Waals surface area contributed by atoms with E-state index in [1.807, 2.05) is 6.92 Å². The molecule has 1 aromatic rings. The molecular formula is C12H14N2O4. The first kappa shape index (κ1) is 12.3. The molecule has 2 atom stereocenters. The fraction of sp³-hybridized carbons (Fsp3) is 0.417. The molecule has 0 aliphatic heterocycles. The Balaban J connectivity index is 2.21. The molecule has 0 radical (unpaired) electrons. The van der Waals surface area contributed by atoms with Crippen LogP contribution in [0.2, 0.25) is 0 Å². The van der Waals surface area contributed by atoms with Crippen molar-refractivity contribution in [3.8, 4) is 5.75 Å². The van der Waals surface area contributed by atoms with E-state index in [0.29, 0.717) is 17.4 Å². The number of nitro benzene ring substituents is 1.